The molecular weight excluding hydrogens is 556 g/mol. The van der Waals surface area contributed by atoms with Crippen LogP contribution in [0.15, 0.2) is 39.3 Å². The summed E-state index contributed by atoms with van der Waals surface area (Å²) in [5.41, 5.74) is -0.174. The van der Waals surface area contributed by atoms with Crippen molar-refractivity contribution in [2.75, 3.05) is 19.7 Å². The molecule has 2 unspecified atom stereocenters. The monoisotopic (exact) mass is 610 g/mol. The minimum Gasteiger partial charge on any atom is -0.493 e. The first kappa shape index (κ1) is 36.7. The van der Waals surface area contributed by atoms with Crippen LogP contribution in [0.5, 0.6) is 5.88 Å². The number of unbranched alkanes of at least 4 members (excludes halogenated alkanes) is 2. The van der Waals surface area contributed by atoms with Gasteiger partial charge in [0.25, 0.3) is 11.5 Å². The van der Waals surface area contributed by atoms with Gasteiger partial charge in [0.1, 0.15) is 11.3 Å². The van der Waals surface area contributed by atoms with E-state index in [1.165, 1.54) is 19.8 Å². The normalized spacial score (nSPS) is 12.9. The van der Waals surface area contributed by atoms with E-state index in [2.05, 4.69) is 49.8 Å². The van der Waals surface area contributed by atoms with Crippen molar-refractivity contribution in [1.29, 1.82) is 0 Å². The number of ether oxygens (including phenoxy) is 1. The van der Waals surface area contributed by atoms with Crippen LogP contribution in [0, 0.1) is 24.7 Å². The van der Waals surface area contributed by atoms with Gasteiger partial charge in [0.05, 0.1) is 17.9 Å². The summed E-state index contributed by atoms with van der Waals surface area (Å²) in [6.07, 6.45) is 10.0. The molecule has 0 aliphatic carbocycles. The number of hydrogen-bond acceptors (Lipinski definition) is 7. The van der Waals surface area contributed by atoms with E-state index in [-0.39, 0.29) is 29.3 Å². The third kappa shape index (κ3) is 10.9. The first-order valence-corrected chi connectivity index (χ1v) is 16.5. The second-order valence-electron chi connectivity index (χ2n) is 12.2. The molecule has 0 radical (unpaired) electrons. The molecule has 2 N–H and O–H groups in total. The van der Waals surface area contributed by atoms with Crippen molar-refractivity contribution in [2.45, 2.75) is 106 Å². The number of carbonyl (C=O) groups excluding carboxylic acids is 2. The molecule has 1 heterocycles. The molecule has 1 amide bonds. The number of aromatic hydroxyl groups is 1. The minimum absolute atomic E-state index is 0.0649. The smallest absolute Gasteiger partial charge is 0.344 e. The first-order valence-electron chi connectivity index (χ1n) is 16.5. The van der Waals surface area contributed by atoms with Gasteiger partial charge < -0.3 is 14.7 Å². The molecule has 9 nitrogen and oxygen atoms in total. The highest BCUT2D eigenvalue weighted by Gasteiger charge is 2.25. The van der Waals surface area contributed by atoms with Gasteiger partial charge in [-0.05, 0) is 56.6 Å². The Balaban J connectivity index is 2.46. The van der Waals surface area contributed by atoms with Crippen molar-refractivity contribution in [3.8, 4) is 5.88 Å². The Bertz CT molecular complexity index is 1290. The molecule has 244 valence electrons. The van der Waals surface area contributed by atoms with Crippen LogP contribution in [0.2, 0.25) is 0 Å². The maximum absolute atomic E-state index is 14.3. The number of H-pyrrole nitrogens is 1. The molecule has 1 aromatic carbocycles. The molecule has 0 fully saturated rings. The molecule has 0 saturated carbocycles. The van der Waals surface area contributed by atoms with Gasteiger partial charge in [0, 0.05) is 18.7 Å². The van der Waals surface area contributed by atoms with E-state index in [4.69, 9.17) is 4.74 Å². The van der Waals surface area contributed by atoms with Gasteiger partial charge in [-0.2, -0.15) is 0 Å². The van der Waals surface area contributed by atoms with Crippen molar-refractivity contribution < 1.29 is 19.4 Å². The molecule has 0 spiro atoms. The number of aromatic nitrogens is 1. The summed E-state index contributed by atoms with van der Waals surface area (Å²) in [4.78, 5) is 43.3. The van der Waals surface area contributed by atoms with Crippen LogP contribution in [0.25, 0.3) is 0 Å². The molecule has 44 heavy (non-hydrogen) atoms. The van der Waals surface area contributed by atoms with Gasteiger partial charge in [0.2, 0.25) is 5.88 Å². The number of benzene rings is 1. The van der Waals surface area contributed by atoms with Crippen LogP contribution in [-0.2, 0) is 4.74 Å². The van der Waals surface area contributed by atoms with E-state index in [0.717, 1.165) is 44.9 Å². The van der Waals surface area contributed by atoms with Crippen LogP contribution in [0.4, 0.5) is 11.4 Å². The van der Waals surface area contributed by atoms with Gasteiger partial charge in [-0.15, -0.1) is 10.2 Å². The zero-order chi connectivity index (χ0) is 32.6. The summed E-state index contributed by atoms with van der Waals surface area (Å²) >= 11 is 0. The molecule has 9 heteroatoms. The SMILES string of the molecule is CCCCCC(CC)CN(CC(CC)CCCC(C)C)C(=O)c1ccccc1/N=N/c1c(O)[nH]c(=O)c(C(=O)OCC)c1C. The lowest BCUT2D eigenvalue weighted by molar-refractivity contribution is 0.0523. The van der Waals surface area contributed by atoms with E-state index < -0.39 is 17.4 Å². The number of rotatable bonds is 19. The largest absolute Gasteiger partial charge is 0.493 e. The quantitative estimate of drug-likeness (QED) is 0.0933. The highest BCUT2D eigenvalue weighted by Crippen LogP contribution is 2.32. The molecule has 2 aromatic rings. The van der Waals surface area contributed by atoms with E-state index in [1.807, 2.05) is 11.0 Å². The average Bonchev–Trinajstić information content (AvgIpc) is 2.98. The molecule has 1 aromatic heterocycles. The first-order chi connectivity index (χ1) is 21.1. The van der Waals surface area contributed by atoms with Gasteiger partial charge >= 0.3 is 5.97 Å². The van der Waals surface area contributed by atoms with Crippen molar-refractivity contribution in [1.82, 2.24) is 9.88 Å². The van der Waals surface area contributed by atoms with Crippen molar-refractivity contribution >= 4 is 23.3 Å². The number of carbonyl (C=O) groups is 2. The van der Waals surface area contributed by atoms with Crippen LogP contribution < -0.4 is 5.56 Å². The average molecular weight is 611 g/mol. The topological polar surface area (TPSA) is 124 Å². The summed E-state index contributed by atoms with van der Waals surface area (Å²) in [5.74, 6) is 0.0583. The highest BCUT2D eigenvalue weighted by atomic mass is 16.5. The number of hydrogen-bond donors (Lipinski definition) is 2. The maximum atomic E-state index is 14.3. The Morgan fingerprint density at radius 1 is 0.932 bits per heavy atom. The fraction of sp³-hybridized carbons (Fsp3) is 0.629. The second-order valence-corrected chi connectivity index (χ2v) is 12.2. The number of nitrogens with zero attached hydrogens (tertiary/aromatic N) is 3. The number of azo groups is 1. The lowest BCUT2D eigenvalue weighted by atomic mass is 9.93. The van der Waals surface area contributed by atoms with Crippen LogP contribution in [0.3, 0.4) is 0 Å². The summed E-state index contributed by atoms with van der Waals surface area (Å²) < 4.78 is 5.01. The van der Waals surface area contributed by atoms with E-state index in [0.29, 0.717) is 42.1 Å². The van der Waals surface area contributed by atoms with E-state index in [9.17, 15) is 19.5 Å². The summed E-state index contributed by atoms with van der Waals surface area (Å²) in [6.45, 7) is 15.7. The molecule has 0 bridgehead atoms. The summed E-state index contributed by atoms with van der Waals surface area (Å²) in [6, 6.07) is 7.05. The maximum Gasteiger partial charge on any atom is 0.344 e. The Hall–Kier alpha value is -3.49. The van der Waals surface area contributed by atoms with Gasteiger partial charge in [-0.3, -0.25) is 14.6 Å². The van der Waals surface area contributed by atoms with Gasteiger partial charge in [-0.25, -0.2) is 4.79 Å². The number of amides is 1. The minimum atomic E-state index is -0.808. The number of pyridine rings is 1. The van der Waals surface area contributed by atoms with Crippen LogP contribution in [-0.4, -0.2) is 46.6 Å². The second kappa shape index (κ2) is 19.0. The van der Waals surface area contributed by atoms with E-state index >= 15 is 0 Å². The van der Waals surface area contributed by atoms with E-state index in [1.54, 1.807) is 25.1 Å². The molecular formula is C35H54N4O5. The third-order valence-electron chi connectivity index (χ3n) is 8.29. The molecule has 0 aliphatic rings. The van der Waals surface area contributed by atoms with Crippen molar-refractivity contribution in [3.05, 3.63) is 51.3 Å². The number of esters is 1. The zero-order valence-electron chi connectivity index (χ0n) is 27.9. The van der Waals surface area contributed by atoms with Gasteiger partial charge in [-0.1, -0.05) is 91.7 Å². The zero-order valence-corrected chi connectivity index (χ0v) is 27.9. The highest BCUT2D eigenvalue weighted by molar-refractivity contribution is 5.99. The lowest BCUT2D eigenvalue weighted by Gasteiger charge is -2.31. The van der Waals surface area contributed by atoms with Crippen molar-refractivity contribution in [2.24, 2.45) is 28.0 Å². The molecule has 0 saturated heterocycles. The fourth-order valence-corrected chi connectivity index (χ4v) is 5.49. The predicted molar refractivity (Wildman–Crippen MR) is 176 cm³/mol. The summed E-state index contributed by atoms with van der Waals surface area (Å²) in [7, 11) is 0. The Kier molecular flexibility index (Phi) is 15.9. The number of aromatic amines is 1. The van der Waals surface area contributed by atoms with Crippen LogP contribution in [0.1, 0.15) is 126 Å². The molecule has 2 atom stereocenters. The Labute approximate surface area is 263 Å². The molecule has 0 aliphatic heterocycles. The van der Waals surface area contributed by atoms with Crippen molar-refractivity contribution in [3.63, 3.8) is 0 Å². The summed E-state index contributed by atoms with van der Waals surface area (Å²) in [5, 5.41) is 19.0. The number of nitrogens with one attached hydrogen (secondary N) is 1. The predicted octanol–water partition coefficient (Wildman–Crippen LogP) is 8.88. The Morgan fingerprint density at radius 2 is 1.57 bits per heavy atom. The third-order valence-corrected chi connectivity index (χ3v) is 8.29. The van der Waals surface area contributed by atoms with Crippen LogP contribution >= 0.6 is 0 Å². The lowest BCUT2D eigenvalue weighted by Crippen LogP contribution is -2.39. The fourth-order valence-electron chi connectivity index (χ4n) is 5.49. The standard InChI is InChI=1S/C35H54N4O5/c1-8-12-13-18-26(9-2)22-39(23-27(10-3)19-16-17-24(5)6)34(42)28-20-14-15-21-29(28)37-38-31-25(7)30(35(43)44-11-4)32(40)36-33(31)41/h14-15,20-21,24,26-27H,8-13,16-19,22-23H2,1-7H3,(H2,36,40,41)/b38-37+. The Morgan fingerprint density at radius 3 is 2.16 bits per heavy atom. The van der Waals surface area contributed by atoms with Gasteiger partial charge in [0.15, 0.2) is 0 Å². The molecule has 2 rings (SSSR count).